The average molecular weight is 433 g/mol. The molecule has 1 aliphatic heterocycles. The molecule has 0 saturated carbocycles. The molecule has 1 fully saturated rings. The summed E-state index contributed by atoms with van der Waals surface area (Å²) in [4.78, 5) is 30.3. The number of halogens is 1. The van der Waals surface area contributed by atoms with Gasteiger partial charge in [-0.3, -0.25) is 14.5 Å². The minimum atomic E-state index is -0.289. The molecule has 1 aromatic carbocycles. The number of carbonyl (C=O) groups excluding carboxylic acids is 2. The fourth-order valence-electron chi connectivity index (χ4n) is 3.80. The molecule has 1 aromatic heterocycles. The highest BCUT2D eigenvalue weighted by Crippen LogP contribution is 2.26. The monoisotopic (exact) mass is 432 g/mol. The maximum atomic E-state index is 13.1. The van der Waals surface area contributed by atoms with Gasteiger partial charge in [-0.25, -0.2) is 0 Å². The van der Waals surface area contributed by atoms with E-state index in [0.717, 1.165) is 21.3 Å². The summed E-state index contributed by atoms with van der Waals surface area (Å²) in [5, 5.41) is 0. The predicted molar refractivity (Wildman–Crippen MR) is 108 cm³/mol. The molecule has 1 saturated heterocycles. The Hall–Kier alpha value is -1.76. The molecule has 2 heterocycles. The molecular formula is C21H25BrN2O3. The van der Waals surface area contributed by atoms with E-state index in [1.807, 2.05) is 45.0 Å². The normalized spacial score (nSPS) is 19.1. The van der Waals surface area contributed by atoms with Crippen molar-refractivity contribution < 1.29 is 14.3 Å². The molecule has 0 aliphatic carbocycles. The van der Waals surface area contributed by atoms with Gasteiger partial charge < -0.3 is 9.72 Å². The number of ether oxygens (including phenoxy) is 1. The van der Waals surface area contributed by atoms with Gasteiger partial charge in [0.25, 0.3) is 0 Å². The van der Waals surface area contributed by atoms with Crippen molar-refractivity contribution in [2.24, 2.45) is 0 Å². The minimum absolute atomic E-state index is 0.0135. The maximum absolute atomic E-state index is 13.1. The number of morpholine rings is 1. The van der Waals surface area contributed by atoms with E-state index in [9.17, 15) is 9.59 Å². The van der Waals surface area contributed by atoms with Crippen LogP contribution in [0.25, 0.3) is 0 Å². The quantitative estimate of drug-likeness (QED) is 0.717. The van der Waals surface area contributed by atoms with Crippen LogP contribution in [0.15, 0.2) is 28.7 Å². The molecular weight excluding hydrogens is 408 g/mol. The second-order valence-corrected chi connectivity index (χ2v) is 8.04. The number of benzene rings is 1. The molecule has 5 nitrogen and oxygen atoms in total. The Bertz CT molecular complexity index is 857. The van der Waals surface area contributed by atoms with Gasteiger partial charge in [0.05, 0.1) is 24.4 Å². The standard InChI is InChI=1S/C21H25BrN2O3/c1-12-19(15(4)25)13(2)23-20(12)21(26)14(3)24-9-10-27-18(11-24)16-5-7-17(22)8-6-16/h5-8,14,18,23H,9-11H2,1-4H3. The number of aromatic nitrogens is 1. The molecule has 2 unspecified atom stereocenters. The Balaban J connectivity index is 1.78. The minimum Gasteiger partial charge on any atom is -0.371 e. The summed E-state index contributed by atoms with van der Waals surface area (Å²) in [6, 6.07) is 7.80. The first-order valence-corrected chi connectivity index (χ1v) is 9.94. The number of hydrogen-bond acceptors (Lipinski definition) is 4. The largest absolute Gasteiger partial charge is 0.371 e. The van der Waals surface area contributed by atoms with Crippen molar-refractivity contribution in [3.05, 3.63) is 56.8 Å². The van der Waals surface area contributed by atoms with E-state index in [1.165, 1.54) is 6.92 Å². The fraction of sp³-hybridized carbons (Fsp3) is 0.429. The number of hydrogen-bond donors (Lipinski definition) is 1. The van der Waals surface area contributed by atoms with E-state index >= 15 is 0 Å². The predicted octanol–water partition coefficient (Wildman–Crippen LogP) is 4.24. The second kappa shape index (κ2) is 8.09. The van der Waals surface area contributed by atoms with Gasteiger partial charge in [0.2, 0.25) is 0 Å². The van der Waals surface area contributed by atoms with Crippen LogP contribution in [-0.2, 0) is 4.74 Å². The van der Waals surface area contributed by atoms with Gasteiger partial charge in [0.15, 0.2) is 11.6 Å². The van der Waals surface area contributed by atoms with Crippen LogP contribution in [0.3, 0.4) is 0 Å². The summed E-state index contributed by atoms with van der Waals surface area (Å²) >= 11 is 3.45. The van der Waals surface area contributed by atoms with E-state index in [0.29, 0.717) is 31.0 Å². The molecule has 0 spiro atoms. The van der Waals surface area contributed by atoms with E-state index in [4.69, 9.17) is 4.74 Å². The topological polar surface area (TPSA) is 62.4 Å². The van der Waals surface area contributed by atoms with Crippen molar-refractivity contribution in [3.63, 3.8) is 0 Å². The van der Waals surface area contributed by atoms with Crippen molar-refractivity contribution in [2.45, 2.75) is 39.8 Å². The lowest BCUT2D eigenvalue weighted by atomic mass is 10.0. The lowest BCUT2D eigenvalue weighted by Gasteiger charge is -2.36. The summed E-state index contributed by atoms with van der Waals surface area (Å²) < 4.78 is 6.96. The number of aryl methyl sites for hydroxylation is 1. The molecule has 2 atom stereocenters. The second-order valence-electron chi connectivity index (χ2n) is 7.13. The van der Waals surface area contributed by atoms with Crippen LogP contribution in [-0.4, -0.2) is 47.2 Å². The third-order valence-corrected chi connectivity index (χ3v) is 5.83. The Kier molecular flexibility index (Phi) is 5.99. The number of H-pyrrole nitrogens is 1. The summed E-state index contributed by atoms with van der Waals surface area (Å²) in [6.45, 7) is 9.08. The first kappa shape index (κ1) is 20.0. The molecule has 27 heavy (non-hydrogen) atoms. The molecule has 0 radical (unpaired) electrons. The molecule has 144 valence electrons. The number of rotatable bonds is 5. The van der Waals surface area contributed by atoms with E-state index in [1.54, 1.807) is 0 Å². The molecule has 6 heteroatoms. The van der Waals surface area contributed by atoms with Crippen LogP contribution in [0.1, 0.15) is 57.6 Å². The maximum Gasteiger partial charge on any atom is 0.196 e. The molecule has 0 bridgehead atoms. The molecule has 2 aromatic rings. The summed E-state index contributed by atoms with van der Waals surface area (Å²) in [5.41, 5.74) is 3.77. The Labute approximate surface area is 168 Å². The smallest absolute Gasteiger partial charge is 0.196 e. The van der Waals surface area contributed by atoms with E-state index < -0.39 is 0 Å². The van der Waals surface area contributed by atoms with Crippen LogP contribution in [0.2, 0.25) is 0 Å². The van der Waals surface area contributed by atoms with Crippen molar-refractivity contribution in [1.29, 1.82) is 0 Å². The number of aromatic amines is 1. The van der Waals surface area contributed by atoms with Gasteiger partial charge in [-0.1, -0.05) is 28.1 Å². The Morgan fingerprint density at radius 1 is 1.26 bits per heavy atom. The van der Waals surface area contributed by atoms with Crippen LogP contribution < -0.4 is 0 Å². The SMILES string of the molecule is CC(=O)c1c(C)[nH]c(C(=O)C(C)N2CCOC(c3ccc(Br)cc3)C2)c1C. The van der Waals surface area contributed by atoms with Crippen LogP contribution >= 0.6 is 15.9 Å². The lowest BCUT2D eigenvalue weighted by Crippen LogP contribution is -2.47. The van der Waals surface area contributed by atoms with Crippen molar-refractivity contribution in [3.8, 4) is 0 Å². The number of ketones is 2. The number of Topliss-reactive ketones (excluding diaryl/α,β-unsaturated/α-hetero) is 2. The van der Waals surface area contributed by atoms with E-state index in [-0.39, 0.29) is 23.7 Å². The van der Waals surface area contributed by atoms with Gasteiger partial charge in [0.1, 0.15) is 0 Å². The first-order chi connectivity index (χ1) is 12.8. The zero-order chi connectivity index (χ0) is 19.7. The number of nitrogens with zero attached hydrogens (tertiary/aromatic N) is 1. The summed E-state index contributed by atoms with van der Waals surface area (Å²) in [7, 11) is 0. The zero-order valence-corrected chi connectivity index (χ0v) is 17.7. The first-order valence-electron chi connectivity index (χ1n) is 9.15. The number of carbonyl (C=O) groups is 2. The van der Waals surface area contributed by atoms with Gasteiger partial charge in [-0.15, -0.1) is 0 Å². The highest BCUT2D eigenvalue weighted by molar-refractivity contribution is 9.10. The lowest BCUT2D eigenvalue weighted by molar-refractivity contribution is -0.0388. The number of nitrogens with one attached hydrogen (secondary N) is 1. The van der Waals surface area contributed by atoms with Gasteiger partial charge in [-0.05, 0) is 51.0 Å². The zero-order valence-electron chi connectivity index (χ0n) is 16.1. The van der Waals surface area contributed by atoms with Crippen molar-refractivity contribution >= 4 is 27.5 Å². The highest BCUT2D eigenvalue weighted by atomic mass is 79.9. The Morgan fingerprint density at radius 2 is 1.93 bits per heavy atom. The molecule has 1 aliphatic rings. The fourth-order valence-corrected chi connectivity index (χ4v) is 4.06. The molecule has 1 N–H and O–H groups in total. The third-order valence-electron chi connectivity index (χ3n) is 5.30. The van der Waals surface area contributed by atoms with Crippen LogP contribution in [0.4, 0.5) is 0 Å². The molecule has 0 amide bonds. The summed E-state index contributed by atoms with van der Waals surface area (Å²) in [5.74, 6) is -0.00539. The van der Waals surface area contributed by atoms with Gasteiger partial charge in [0, 0.05) is 28.8 Å². The summed E-state index contributed by atoms with van der Waals surface area (Å²) in [6.07, 6.45) is -0.0543. The van der Waals surface area contributed by atoms with Crippen LogP contribution in [0.5, 0.6) is 0 Å². The average Bonchev–Trinajstić information content (AvgIpc) is 2.95. The van der Waals surface area contributed by atoms with Crippen molar-refractivity contribution in [1.82, 2.24) is 9.88 Å². The highest BCUT2D eigenvalue weighted by Gasteiger charge is 2.31. The van der Waals surface area contributed by atoms with Crippen LogP contribution in [0, 0.1) is 13.8 Å². The van der Waals surface area contributed by atoms with Gasteiger partial charge in [-0.2, -0.15) is 0 Å². The molecule has 3 rings (SSSR count). The van der Waals surface area contributed by atoms with Crippen molar-refractivity contribution in [2.75, 3.05) is 19.7 Å². The van der Waals surface area contributed by atoms with Gasteiger partial charge >= 0.3 is 0 Å². The third kappa shape index (κ3) is 4.08. The Morgan fingerprint density at radius 3 is 2.52 bits per heavy atom. The van der Waals surface area contributed by atoms with E-state index in [2.05, 4.69) is 25.8 Å².